The van der Waals surface area contributed by atoms with Gasteiger partial charge in [-0.05, 0) is 41.5 Å². The quantitative estimate of drug-likeness (QED) is 0.830. The van der Waals surface area contributed by atoms with E-state index in [1.807, 2.05) is 40.7 Å². The molecule has 17 heavy (non-hydrogen) atoms. The van der Waals surface area contributed by atoms with E-state index in [4.69, 9.17) is 5.11 Å². The lowest BCUT2D eigenvalue weighted by atomic mass is 9.82. The fourth-order valence-corrected chi connectivity index (χ4v) is 1.89. The molecular weight excluding hydrogens is 216 g/mol. The zero-order chi connectivity index (χ0) is 13.4. The van der Waals surface area contributed by atoms with Crippen molar-refractivity contribution in [3.8, 4) is 5.75 Å². The number of hydrogen-bond acceptors (Lipinski definition) is 2. The van der Waals surface area contributed by atoms with Crippen LogP contribution in [0, 0.1) is 13.8 Å². The summed E-state index contributed by atoms with van der Waals surface area (Å²) < 4.78 is 0. The number of aromatic hydroxyl groups is 1. The van der Waals surface area contributed by atoms with Crippen molar-refractivity contribution in [2.45, 2.75) is 46.5 Å². The van der Waals surface area contributed by atoms with E-state index in [0.29, 0.717) is 0 Å². The van der Waals surface area contributed by atoms with Gasteiger partial charge in [-0.3, -0.25) is 4.79 Å². The zero-order valence-electron chi connectivity index (χ0n) is 11.1. The minimum Gasteiger partial charge on any atom is -0.507 e. The van der Waals surface area contributed by atoms with E-state index < -0.39 is 5.97 Å². The second kappa shape index (κ2) is 4.40. The minimum absolute atomic E-state index is 0.00394. The Morgan fingerprint density at radius 1 is 1.24 bits per heavy atom. The topological polar surface area (TPSA) is 57.5 Å². The van der Waals surface area contributed by atoms with Gasteiger partial charge >= 0.3 is 5.97 Å². The molecule has 0 saturated heterocycles. The Morgan fingerprint density at radius 3 is 2.18 bits per heavy atom. The first-order valence-corrected chi connectivity index (χ1v) is 5.69. The van der Waals surface area contributed by atoms with Crippen LogP contribution in [-0.4, -0.2) is 16.2 Å². The zero-order valence-corrected chi connectivity index (χ0v) is 11.1. The number of phenols is 1. The smallest absolute Gasteiger partial charge is 0.307 e. The summed E-state index contributed by atoms with van der Waals surface area (Å²) in [5, 5.41) is 19.0. The number of carbonyl (C=O) groups is 1. The predicted octanol–water partition coefficient (Wildman–Crippen LogP) is 2.93. The predicted molar refractivity (Wildman–Crippen MR) is 67.6 cm³/mol. The molecule has 0 aliphatic carbocycles. The van der Waals surface area contributed by atoms with Crippen molar-refractivity contribution in [1.82, 2.24) is 0 Å². The fraction of sp³-hybridized carbons (Fsp3) is 0.500. The molecule has 0 heterocycles. The molecule has 3 heteroatoms. The van der Waals surface area contributed by atoms with Crippen LogP contribution in [0.1, 0.15) is 43.0 Å². The van der Waals surface area contributed by atoms with Crippen LogP contribution in [0.25, 0.3) is 0 Å². The number of rotatable bonds is 2. The highest BCUT2D eigenvalue weighted by molar-refractivity contribution is 5.71. The highest BCUT2D eigenvalue weighted by Crippen LogP contribution is 2.36. The molecule has 1 aromatic rings. The monoisotopic (exact) mass is 236 g/mol. The van der Waals surface area contributed by atoms with Gasteiger partial charge in [0.15, 0.2) is 0 Å². The molecule has 3 nitrogen and oxygen atoms in total. The van der Waals surface area contributed by atoms with Gasteiger partial charge in [0.05, 0.1) is 6.42 Å². The highest BCUT2D eigenvalue weighted by atomic mass is 16.4. The van der Waals surface area contributed by atoms with E-state index in [9.17, 15) is 9.90 Å². The highest BCUT2D eigenvalue weighted by Gasteiger charge is 2.22. The molecule has 1 rings (SSSR count). The molecule has 0 unspecified atom stereocenters. The normalized spacial score (nSPS) is 11.6. The summed E-state index contributed by atoms with van der Waals surface area (Å²) in [6.07, 6.45) is -0.00394. The summed E-state index contributed by atoms with van der Waals surface area (Å²) in [5.74, 6) is -0.567. The van der Waals surface area contributed by atoms with E-state index in [0.717, 1.165) is 22.3 Å². The van der Waals surface area contributed by atoms with Crippen LogP contribution in [0.4, 0.5) is 0 Å². The second-order valence-electron chi connectivity index (χ2n) is 5.50. The van der Waals surface area contributed by atoms with Crippen LogP contribution in [0.5, 0.6) is 5.75 Å². The molecule has 0 aliphatic rings. The molecule has 94 valence electrons. The molecule has 0 bridgehead atoms. The molecule has 0 aromatic heterocycles. The maximum atomic E-state index is 10.8. The molecule has 0 atom stereocenters. The summed E-state index contributed by atoms with van der Waals surface area (Å²) >= 11 is 0. The largest absolute Gasteiger partial charge is 0.507 e. The summed E-state index contributed by atoms with van der Waals surface area (Å²) in [4.78, 5) is 10.8. The van der Waals surface area contributed by atoms with Crippen molar-refractivity contribution in [2.75, 3.05) is 0 Å². The average Bonchev–Trinajstić information content (AvgIpc) is 2.16. The molecule has 0 radical (unpaired) electrons. The number of carboxylic acid groups (broad SMARTS) is 1. The lowest BCUT2D eigenvalue weighted by Crippen LogP contribution is -2.14. The van der Waals surface area contributed by atoms with Crippen LogP contribution in [0.2, 0.25) is 0 Å². The van der Waals surface area contributed by atoms with Crippen LogP contribution >= 0.6 is 0 Å². The van der Waals surface area contributed by atoms with Crippen molar-refractivity contribution < 1.29 is 15.0 Å². The molecule has 0 spiro atoms. The van der Waals surface area contributed by atoms with Crippen molar-refractivity contribution in [2.24, 2.45) is 0 Å². The maximum Gasteiger partial charge on any atom is 0.307 e. The summed E-state index contributed by atoms with van der Waals surface area (Å²) in [6.45, 7) is 9.68. The van der Waals surface area contributed by atoms with Crippen LogP contribution < -0.4 is 0 Å². The summed E-state index contributed by atoms with van der Waals surface area (Å²) in [6, 6.07) is 1.81. The van der Waals surface area contributed by atoms with E-state index in [2.05, 4.69) is 0 Å². The van der Waals surface area contributed by atoms with Gasteiger partial charge in [-0.2, -0.15) is 0 Å². The third kappa shape index (κ3) is 2.78. The van der Waals surface area contributed by atoms with Gasteiger partial charge in [0.1, 0.15) is 5.75 Å². The molecule has 0 saturated carbocycles. The maximum absolute atomic E-state index is 10.8. The lowest BCUT2D eigenvalue weighted by molar-refractivity contribution is -0.136. The Kier molecular flexibility index (Phi) is 3.51. The third-order valence-electron chi connectivity index (χ3n) is 3.12. The SMILES string of the molecule is Cc1c(CC(=O)O)cc(C(C)(C)C)c(O)c1C. The number of aliphatic carboxylic acids is 1. The van der Waals surface area contributed by atoms with Gasteiger partial charge in [-0.15, -0.1) is 0 Å². The van der Waals surface area contributed by atoms with Crippen molar-refractivity contribution >= 4 is 5.97 Å². The van der Waals surface area contributed by atoms with Crippen molar-refractivity contribution in [1.29, 1.82) is 0 Å². The van der Waals surface area contributed by atoms with Crippen molar-refractivity contribution in [3.05, 3.63) is 28.3 Å². The first kappa shape index (κ1) is 13.6. The third-order valence-corrected chi connectivity index (χ3v) is 3.12. The van der Waals surface area contributed by atoms with E-state index >= 15 is 0 Å². The van der Waals surface area contributed by atoms with Gasteiger partial charge < -0.3 is 10.2 Å². The first-order chi connectivity index (χ1) is 7.64. The number of phenolic OH excluding ortho intramolecular Hbond substituents is 1. The minimum atomic E-state index is -0.849. The lowest BCUT2D eigenvalue weighted by Gasteiger charge is -2.24. The van der Waals surface area contributed by atoms with Crippen LogP contribution in [0.15, 0.2) is 6.07 Å². The number of hydrogen-bond donors (Lipinski definition) is 2. The molecule has 2 N–H and O–H groups in total. The molecule has 0 amide bonds. The number of carboxylic acids is 1. The Balaban J connectivity index is 3.44. The standard InChI is InChI=1S/C14H20O3/c1-8-9(2)13(17)11(14(3,4)5)6-10(8)7-12(15)16/h6,17H,7H2,1-5H3,(H,15,16). The second-order valence-corrected chi connectivity index (χ2v) is 5.50. The van der Waals surface area contributed by atoms with Crippen molar-refractivity contribution in [3.63, 3.8) is 0 Å². The van der Waals surface area contributed by atoms with E-state index in [-0.39, 0.29) is 17.6 Å². The Morgan fingerprint density at radius 2 is 1.76 bits per heavy atom. The van der Waals surface area contributed by atoms with Gasteiger partial charge in [-0.25, -0.2) is 0 Å². The molecule has 1 aromatic carbocycles. The molecular formula is C14H20O3. The first-order valence-electron chi connectivity index (χ1n) is 5.69. The van der Waals surface area contributed by atoms with Crippen LogP contribution in [0.3, 0.4) is 0 Å². The summed E-state index contributed by atoms with van der Waals surface area (Å²) in [5.41, 5.74) is 3.01. The van der Waals surface area contributed by atoms with Crippen LogP contribution in [-0.2, 0) is 16.6 Å². The van der Waals surface area contributed by atoms with Gasteiger partial charge in [0.25, 0.3) is 0 Å². The Labute approximate surface area is 102 Å². The average molecular weight is 236 g/mol. The van der Waals surface area contributed by atoms with Gasteiger partial charge in [0.2, 0.25) is 0 Å². The van der Waals surface area contributed by atoms with Gasteiger partial charge in [-0.1, -0.05) is 26.8 Å². The van der Waals surface area contributed by atoms with E-state index in [1.54, 1.807) is 0 Å². The Hall–Kier alpha value is -1.51. The van der Waals surface area contributed by atoms with Gasteiger partial charge in [0, 0.05) is 0 Å². The Bertz CT molecular complexity index is 454. The fourth-order valence-electron chi connectivity index (χ4n) is 1.89. The number of benzene rings is 1. The molecule has 0 aliphatic heterocycles. The molecule has 0 fully saturated rings. The summed E-state index contributed by atoms with van der Waals surface area (Å²) in [7, 11) is 0. The van der Waals surface area contributed by atoms with E-state index in [1.165, 1.54) is 0 Å².